The summed E-state index contributed by atoms with van der Waals surface area (Å²) in [6, 6.07) is 6.11. The number of benzene rings is 1. The van der Waals surface area contributed by atoms with Gasteiger partial charge in [-0.2, -0.15) is 0 Å². The fraction of sp³-hybridized carbons (Fsp3) is 0.500. The Hall–Kier alpha value is -2.25. The number of aryl methyl sites for hydroxylation is 1. The van der Waals surface area contributed by atoms with Crippen LogP contribution in [0.5, 0.6) is 0 Å². The molecule has 3 aromatic rings. The zero-order valence-electron chi connectivity index (χ0n) is 16.1. The molecule has 7 nitrogen and oxygen atoms in total. The molecule has 0 bridgehead atoms. The lowest BCUT2D eigenvalue weighted by Gasteiger charge is -2.26. The van der Waals surface area contributed by atoms with Gasteiger partial charge in [0.1, 0.15) is 5.82 Å². The van der Waals surface area contributed by atoms with Gasteiger partial charge in [0.05, 0.1) is 12.2 Å². The first kappa shape index (κ1) is 17.8. The first-order valence-corrected chi connectivity index (χ1v) is 10.2. The second kappa shape index (κ2) is 6.97. The SMILES string of the molecule is Cc1nnc([C@H]2CC[C@H](c3nnc4n3-c3ccc(Cl)cc3CN(C)C4)CC2)o1. The molecule has 0 atom stereocenters. The minimum absolute atomic E-state index is 0.348. The summed E-state index contributed by atoms with van der Waals surface area (Å²) in [5.41, 5.74) is 2.36. The third kappa shape index (κ3) is 3.12. The highest BCUT2D eigenvalue weighted by atomic mass is 35.5. The Morgan fingerprint density at radius 3 is 2.54 bits per heavy atom. The fourth-order valence-corrected chi connectivity index (χ4v) is 4.72. The molecule has 2 aromatic heterocycles. The van der Waals surface area contributed by atoms with Crippen molar-refractivity contribution in [3.63, 3.8) is 0 Å². The summed E-state index contributed by atoms with van der Waals surface area (Å²) in [7, 11) is 2.10. The molecule has 0 N–H and O–H groups in total. The van der Waals surface area contributed by atoms with Crippen molar-refractivity contribution in [1.29, 1.82) is 0 Å². The molecule has 8 heteroatoms. The summed E-state index contributed by atoms with van der Waals surface area (Å²) in [4.78, 5) is 2.25. The Morgan fingerprint density at radius 1 is 1.00 bits per heavy atom. The molecule has 0 amide bonds. The van der Waals surface area contributed by atoms with Crippen LogP contribution in [0.15, 0.2) is 22.6 Å². The third-order valence-electron chi connectivity index (χ3n) is 5.87. The smallest absolute Gasteiger partial charge is 0.219 e. The van der Waals surface area contributed by atoms with E-state index in [2.05, 4.69) is 49.0 Å². The van der Waals surface area contributed by atoms with E-state index in [4.69, 9.17) is 16.0 Å². The lowest BCUT2D eigenvalue weighted by atomic mass is 9.81. The molecule has 1 saturated carbocycles. The van der Waals surface area contributed by atoms with Gasteiger partial charge in [-0.3, -0.25) is 9.47 Å². The Morgan fingerprint density at radius 2 is 1.79 bits per heavy atom. The number of aromatic nitrogens is 5. The molecule has 5 rings (SSSR count). The number of fused-ring (bicyclic) bond motifs is 3. The first-order chi connectivity index (χ1) is 13.6. The molecule has 2 aliphatic rings. The lowest BCUT2D eigenvalue weighted by Crippen LogP contribution is -2.17. The van der Waals surface area contributed by atoms with Gasteiger partial charge in [0.25, 0.3) is 0 Å². The fourth-order valence-electron chi connectivity index (χ4n) is 4.52. The van der Waals surface area contributed by atoms with E-state index in [-0.39, 0.29) is 0 Å². The maximum absolute atomic E-state index is 6.26. The van der Waals surface area contributed by atoms with Gasteiger partial charge in [-0.05, 0) is 56.5 Å². The van der Waals surface area contributed by atoms with Gasteiger partial charge in [-0.15, -0.1) is 20.4 Å². The van der Waals surface area contributed by atoms with Crippen LogP contribution in [0.4, 0.5) is 0 Å². The van der Waals surface area contributed by atoms with E-state index in [0.29, 0.717) is 17.7 Å². The highest BCUT2D eigenvalue weighted by molar-refractivity contribution is 6.30. The zero-order chi connectivity index (χ0) is 19.3. The van der Waals surface area contributed by atoms with Crippen molar-refractivity contribution < 1.29 is 4.42 Å². The van der Waals surface area contributed by atoms with Crippen molar-refractivity contribution in [3.05, 3.63) is 52.2 Å². The molecule has 0 saturated heterocycles. The molecule has 0 spiro atoms. The largest absolute Gasteiger partial charge is 0.425 e. The number of halogens is 1. The van der Waals surface area contributed by atoms with Crippen LogP contribution in [-0.4, -0.2) is 36.9 Å². The molecule has 0 unspecified atom stereocenters. The van der Waals surface area contributed by atoms with Crippen LogP contribution in [0.25, 0.3) is 5.69 Å². The Balaban J connectivity index is 1.45. The summed E-state index contributed by atoms with van der Waals surface area (Å²) >= 11 is 6.26. The zero-order valence-corrected chi connectivity index (χ0v) is 16.9. The van der Waals surface area contributed by atoms with Gasteiger partial charge in [0.2, 0.25) is 11.8 Å². The normalized spacial score (nSPS) is 22.5. The van der Waals surface area contributed by atoms with Crippen LogP contribution < -0.4 is 0 Å². The number of nitrogens with zero attached hydrogens (tertiary/aromatic N) is 6. The lowest BCUT2D eigenvalue weighted by molar-refractivity contribution is 0.314. The summed E-state index contributed by atoms with van der Waals surface area (Å²) in [5.74, 6) is 4.20. The topological polar surface area (TPSA) is 72.9 Å². The maximum Gasteiger partial charge on any atom is 0.219 e. The van der Waals surface area contributed by atoms with E-state index in [1.165, 1.54) is 5.56 Å². The summed E-state index contributed by atoms with van der Waals surface area (Å²) < 4.78 is 7.91. The predicted molar refractivity (Wildman–Crippen MR) is 105 cm³/mol. The Kier molecular flexibility index (Phi) is 4.44. The standard InChI is InChI=1S/C20H23ClN6O/c1-12-22-25-20(28-12)14-5-3-13(4-6-14)19-24-23-18-11-26(2)10-15-9-16(21)7-8-17(15)27(18)19/h7-9,13-14H,3-6,10-11H2,1-2H3/t13-,14-. The maximum atomic E-state index is 6.26. The number of hydrogen-bond donors (Lipinski definition) is 0. The Bertz CT molecular complexity index is 1000. The third-order valence-corrected chi connectivity index (χ3v) is 6.11. The minimum Gasteiger partial charge on any atom is -0.425 e. The van der Waals surface area contributed by atoms with Gasteiger partial charge in [-0.1, -0.05) is 11.6 Å². The van der Waals surface area contributed by atoms with E-state index in [0.717, 1.165) is 67.0 Å². The van der Waals surface area contributed by atoms with Crippen LogP contribution in [0.1, 0.15) is 66.5 Å². The quantitative estimate of drug-likeness (QED) is 0.649. The van der Waals surface area contributed by atoms with Crippen LogP contribution in [-0.2, 0) is 13.1 Å². The van der Waals surface area contributed by atoms with E-state index >= 15 is 0 Å². The van der Waals surface area contributed by atoms with Crippen LogP contribution in [0, 0.1) is 6.92 Å². The van der Waals surface area contributed by atoms with Crippen molar-refractivity contribution >= 4 is 11.6 Å². The molecule has 1 aliphatic carbocycles. The highest BCUT2D eigenvalue weighted by Crippen LogP contribution is 2.41. The van der Waals surface area contributed by atoms with Crippen LogP contribution in [0.3, 0.4) is 0 Å². The van der Waals surface area contributed by atoms with Gasteiger partial charge in [0, 0.05) is 30.3 Å². The molecule has 3 heterocycles. The second-order valence-corrected chi connectivity index (χ2v) is 8.40. The van der Waals surface area contributed by atoms with Crippen LogP contribution >= 0.6 is 11.6 Å². The van der Waals surface area contributed by atoms with Crippen molar-refractivity contribution in [2.45, 2.75) is 57.5 Å². The van der Waals surface area contributed by atoms with E-state index in [9.17, 15) is 0 Å². The summed E-state index contributed by atoms with van der Waals surface area (Å²) in [5, 5.41) is 18.1. The molecule has 1 aliphatic heterocycles. The van der Waals surface area contributed by atoms with E-state index < -0.39 is 0 Å². The van der Waals surface area contributed by atoms with E-state index in [1.807, 2.05) is 13.0 Å². The molecule has 146 valence electrons. The van der Waals surface area contributed by atoms with Crippen molar-refractivity contribution in [2.24, 2.45) is 0 Å². The van der Waals surface area contributed by atoms with Gasteiger partial charge >= 0.3 is 0 Å². The first-order valence-electron chi connectivity index (χ1n) is 9.80. The second-order valence-electron chi connectivity index (χ2n) is 7.96. The van der Waals surface area contributed by atoms with Gasteiger partial charge in [0.15, 0.2) is 5.82 Å². The van der Waals surface area contributed by atoms with Crippen LogP contribution in [0.2, 0.25) is 5.02 Å². The van der Waals surface area contributed by atoms with E-state index in [1.54, 1.807) is 0 Å². The minimum atomic E-state index is 0.348. The number of hydrogen-bond acceptors (Lipinski definition) is 6. The molecule has 0 radical (unpaired) electrons. The molecule has 1 fully saturated rings. The molecule has 1 aromatic carbocycles. The van der Waals surface area contributed by atoms with Crippen molar-refractivity contribution in [3.8, 4) is 5.69 Å². The van der Waals surface area contributed by atoms with Crippen molar-refractivity contribution in [1.82, 2.24) is 29.9 Å². The van der Waals surface area contributed by atoms with Crippen molar-refractivity contribution in [2.75, 3.05) is 7.05 Å². The molecular weight excluding hydrogens is 376 g/mol. The highest BCUT2D eigenvalue weighted by Gasteiger charge is 2.32. The summed E-state index contributed by atoms with van der Waals surface area (Å²) in [6.45, 7) is 3.46. The Labute approximate surface area is 168 Å². The predicted octanol–water partition coefficient (Wildman–Crippen LogP) is 4.00. The average Bonchev–Trinajstić information content (AvgIpc) is 3.25. The van der Waals surface area contributed by atoms with Gasteiger partial charge < -0.3 is 4.42 Å². The van der Waals surface area contributed by atoms with Gasteiger partial charge in [-0.25, -0.2) is 0 Å². The monoisotopic (exact) mass is 398 g/mol. The molecule has 28 heavy (non-hydrogen) atoms. The summed E-state index contributed by atoms with van der Waals surface area (Å²) in [6.07, 6.45) is 4.15. The molecular formula is C20H23ClN6O. The number of rotatable bonds is 2. The average molecular weight is 399 g/mol.